The second-order valence-corrected chi connectivity index (χ2v) is 6.88. The summed E-state index contributed by atoms with van der Waals surface area (Å²) in [5.41, 5.74) is 1.21. The first-order valence-electron chi connectivity index (χ1n) is 7.77. The van der Waals surface area contributed by atoms with Crippen molar-refractivity contribution >= 4 is 0 Å². The van der Waals surface area contributed by atoms with E-state index in [9.17, 15) is 0 Å². The van der Waals surface area contributed by atoms with Crippen LogP contribution in [0.5, 0.6) is 5.75 Å². The highest BCUT2D eigenvalue weighted by molar-refractivity contribution is 5.35. The Morgan fingerprint density at radius 1 is 1.11 bits per heavy atom. The first kappa shape index (κ1) is 10.7. The predicted molar refractivity (Wildman–Crippen MR) is 71.6 cm³/mol. The molecule has 3 saturated carbocycles. The summed E-state index contributed by atoms with van der Waals surface area (Å²) in [7, 11) is 0. The quantitative estimate of drug-likeness (QED) is 0.704. The number of hydrogen-bond donors (Lipinski definition) is 0. The van der Waals surface area contributed by atoms with E-state index in [2.05, 4.69) is 24.3 Å². The minimum atomic E-state index is -0.273. The van der Waals surface area contributed by atoms with Crippen LogP contribution in [-0.2, 0) is 11.3 Å². The van der Waals surface area contributed by atoms with Gasteiger partial charge in [-0.3, -0.25) is 0 Å². The zero-order chi connectivity index (χ0) is 12.4. The van der Waals surface area contributed by atoms with Crippen molar-refractivity contribution in [3.63, 3.8) is 0 Å². The average Bonchev–Trinajstić information content (AvgIpc) is 3.09. The highest BCUT2D eigenvalue weighted by Crippen LogP contribution is 2.64. The molecule has 0 amide bonds. The summed E-state index contributed by atoms with van der Waals surface area (Å²) in [6.07, 6.45) is 6.76. The molecule has 0 saturated heterocycles. The number of hydrogen-bond acceptors (Lipinski definition) is 2. The summed E-state index contributed by atoms with van der Waals surface area (Å²) in [5, 5.41) is 0. The highest BCUT2D eigenvalue weighted by atomic mass is 16.7. The lowest BCUT2D eigenvalue weighted by Crippen LogP contribution is -2.50. The van der Waals surface area contributed by atoms with Gasteiger partial charge in [0, 0.05) is 17.9 Å². The SMILES string of the molecule is c1ccc2c(c1)COC1(CC3CC1C1CCCC31)O2. The first-order valence-corrected chi connectivity index (χ1v) is 7.77. The van der Waals surface area contributed by atoms with Crippen molar-refractivity contribution in [2.45, 2.75) is 44.5 Å². The molecule has 3 fully saturated rings. The van der Waals surface area contributed by atoms with Gasteiger partial charge < -0.3 is 9.47 Å². The van der Waals surface area contributed by atoms with Crippen molar-refractivity contribution in [1.29, 1.82) is 0 Å². The van der Waals surface area contributed by atoms with Gasteiger partial charge in [0.1, 0.15) is 5.75 Å². The third kappa shape index (κ3) is 1.31. The van der Waals surface area contributed by atoms with Crippen LogP contribution in [-0.4, -0.2) is 5.79 Å². The molecule has 5 rings (SSSR count). The van der Waals surface area contributed by atoms with Crippen LogP contribution in [0.4, 0.5) is 0 Å². The van der Waals surface area contributed by atoms with Crippen LogP contribution in [0, 0.1) is 23.7 Å². The lowest BCUT2D eigenvalue weighted by Gasteiger charge is -2.45. The Morgan fingerprint density at radius 3 is 3.00 bits per heavy atom. The van der Waals surface area contributed by atoms with Crippen LogP contribution >= 0.6 is 0 Å². The van der Waals surface area contributed by atoms with E-state index in [1.165, 1.54) is 31.2 Å². The Hall–Kier alpha value is -1.02. The topological polar surface area (TPSA) is 18.5 Å². The summed E-state index contributed by atoms with van der Waals surface area (Å²) >= 11 is 0. The average molecular weight is 256 g/mol. The summed E-state index contributed by atoms with van der Waals surface area (Å²) in [4.78, 5) is 0. The van der Waals surface area contributed by atoms with Crippen LogP contribution in [0.25, 0.3) is 0 Å². The summed E-state index contributed by atoms with van der Waals surface area (Å²) in [6, 6.07) is 8.37. The lowest BCUT2D eigenvalue weighted by atomic mass is 9.78. The molecule has 3 aliphatic carbocycles. The van der Waals surface area contributed by atoms with Crippen molar-refractivity contribution in [2.24, 2.45) is 23.7 Å². The van der Waals surface area contributed by atoms with Crippen LogP contribution in [0.3, 0.4) is 0 Å². The van der Waals surface area contributed by atoms with Crippen molar-refractivity contribution in [2.75, 3.05) is 0 Å². The number of benzene rings is 1. The van der Waals surface area contributed by atoms with Crippen LogP contribution in [0.1, 0.15) is 37.7 Å². The zero-order valence-electron chi connectivity index (χ0n) is 11.2. The van der Waals surface area contributed by atoms with E-state index in [0.717, 1.165) is 36.5 Å². The molecule has 4 aliphatic rings. The molecule has 1 aliphatic heterocycles. The smallest absolute Gasteiger partial charge is 0.214 e. The van der Waals surface area contributed by atoms with Gasteiger partial charge in [-0.1, -0.05) is 24.6 Å². The Labute approximate surface area is 114 Å². The molecule has 5 unspecified atom stereocenters. The molecule has 1 aromatic rings. The summed E-state index contributed by atoms with van der Waals surface area (Å²) in [6.45, 7) is 0.733. The molecule has 0 radical (unpaired) electrons. The van der Waals surface area contributed by atoms with Gasteiger partial charge in [0.25, 0.3) is 0 Å². The van der Waals surface area contributed by atoms with Crippen LogP contribution < -0.4 is 4.74 Å². The second kappa shape index (κ2) is 3.54. The standard InChI is InChI=1S/C17H20O2/c1-2-7-16-11(4-1)10-18-17(19-16)9-12-8-15(17)14-6-3-5-13(12)14/h1-2,4,7,12-15H,3,5-6,8-10H2. The Kier molecular flexibility index (Phi) is 2.00. The van der Waals surface area contributed by atoms with E-state index in [0.29, 0.717) is 5.92 Å². The van der Waals surface area contributed by atoms with Gasteiger partial charge >= 0.3 is 0 Å². The Morgan fingerprint density at radius 2 is 2.00 bits per heavy atom. The van der Waals surface area contributed by atoms with E-state index < -0.39 is 0 Å². The number of ether oxygens (including phenoxy) is 2. The molecule has 1 aromatic carbocycles. The molecule has 2 heteroatoms. The van der Waals surface area contributed by atoms with Crippen molar-refractivity contribution in [1.82, 2.24) is 0 Å². The summed E-state index contributed by atoms with van der Waals surface area (Å²) in [5.74, 6) is 4.17. The van der Waals surface area contributed by atoms with Gasteiger partial charge in [-0.05, 0) is 43.1 Å². The molecular weight excluding hydrogens is 236 g/mol. The molecule has 0 N–H and O–H groups in total. The third-order valence-corrected chi connectivity index (χ3v) is 6.14. The number of para-hydroxylation sites is 1. The van der Waals surface area contributed by atoms with Crippen molar-refractivity contribution in [3.8, 4) is 5.75 Å². The van der Waals surface area contributed by atoms with Gasteiger partial charge in [-0.15, -0.1) is 0 Å². The molecule has 100 valence electrons. The van der Waals surface area contributed by atoms with Crippen LogP contribution in [0.2, 0.25) is 0 Å². The number of fused-ring (bicyclic) bond motifs is 7. The maximum atomic E-state index is 6.40. The van der Waals surface area contributed by atoms with E-state index in [1.54, 1.807) is 0 Å². The predicted octanol–water partition coefficient (Wildman–Crippen LogP) is 3.75. The van der Waals surface area contributed by atoms with E-state index in [1.807, 2.05) is 0 Å². The first-order chi connectivity index (χ1) is 9.36. The molecule has 1 spiro atoms. The van der Waals surface area contributed by atoms with Crippen molar-refractivity contribution in [3.05, 3.63) is 29.8 Å². The maximum Gasteiger partial charge on any atom is 0.214 e. The monoisotopic (exact) mass is 256 g/mol. The minimum Gasteiger partial charge on any atom is -0.462 e. The maximum absolute atomic E-state index is 6.40. The fraction of sp³-hybridized carbons (Fsp3) is 0.647. The minimum absolute atomic E-state index is 0.273. The van der Waals surface area contributed by atoms with Gasteiger partial charge in [0.05, 0.1) is 6.61 Å². The van der Waals surface area contributed by atoms with Gasteiger partial charge in [-0.2, -0.15) is 0 Å². The number of rotatable bonds is 0. The molecular formula is C17H20O2. The van der Waals surface area contributed by atoms with E-state index in [-0.39, 0.29) is 5.79 Å². The lowest BCUT2D eigenvalue weighted by molar-refractivity contribution is -0.246. The normalized spacial score (nSPS) is 46.1. The largest absolute Gasteiger partial charge is 0.462 e. The van der Waals surface area contributed by atoms with Gasteiger partial charge in [0.15, 0.2) is 0 Å². The Balaban J connectivity index is 1.51. The molecule has 2 nitrogen and oxygen atoms in total. The molecule has 19 heavy (non-hydrogen) atoms. The highest BCUT2D eigenvalue weighted by Gasteiger charge is 2.64. The van der Waals surface area contributed by atoms with Gasteiger partial charge in [-0.25, -0.2) is 0 Å². The van der Waals surface area contributed by atoms with Crippen LogP contribution in [0.15, 0.2) is 24.3 Å². The van der Waals surface area contributed by atoms with E-state index >= 15 is 0 Å². The third-order valence-electron chi connectivity index (χ3n) is 6.14. The fourth-order valence-corrected chi connectivity index (χ4v) is 5.46. The van der Waals surface area contributed by atoms with E-state index in [4.69, 9.17) is 9.47 Å². The second-order valence-electron chi connectivity index (χ2n) is 6.88. The zero-order valence-corrected chi connectivity index (χ0v) is 11.2. The van der Waals surface area contributed by atoms with Crippen molar-refractivity contribution < 1.29 is 9.47 Å². The Bertz CT molecular complexity index is 526. The van der Waals surface area contributed by atoms with Gasteiger partial charge in [0.2, 0.25) is 5.79 Å². The summed E-state index contributed by atoms with van der Waals surface area (Å²) < 4.78 is 12.7. The fourth-order valence-electron chi connectivity index (χ4n) is 5.46. The molecule has 2 bridgehead atoms. The molecule has 5 atom stereocenters. The molecule has 0 aromatic heterocycles. The molecule has 1 heterocycles.